The highest BCUT2D eigenvalue weighted by atomic mass is 35.5. The van der Waals surface area contributed by atoms with Crippen molar-refractivity contribution in [1.82, 2.24) is 4.98 Å². The molecule has 0 atom stereocenters. The average Bonchev–Trinajstić information content (AvgIpc) is 2.23. The normalized spacial score (nSPS) is 10.3. The van der Waals surface area contributed by atoms with E-state index in [0.717, 1.165) is 16.8 Å². The predicted octanol–water partition coefficient (Wildman–Crippen LogP) is 3.42. The first-order valence-electron chi connectivity index (χ1n) is 4.58. The van der Waals surface area contributed by atoms with Gasteiger partial charge in [0.1, 0.15) is 5.75 Å². The number of pyridine rings is 1. The van der Waals surface area contributed by atoms with E-state index in [1.54, 1.807) is 18.3 Å². The van der Waals surface area contributed by atoms with Gasteiger partial charge in [0.05, 0.1) is 5.02 Å². The quantitative estimate of drug-likeness (QED) is 0.797. The van der Waals surface area contributed by atoms with Gasteiger partial charge in [-0.25, -0.2) is 0 Å². The Morgan fingerprint density at radius 3 is 2.47 bits per heavy atom. The second kappa shape index (κ2) is 3.91. The van der Waals surface area contributed by atoms with Crippen LogP contribution in [-0.4, -0.2) is 10.1 Å². The Kier molecular flexibility index (Phi) is 2.60. The van der Waals surface area contributed by atoms with E-state index < -0.39 is 0 Å². The zero-order chi connectivity index (χ0) is 10.8. The van der Waals surface area contributed by atoms with Crippen LogP contribution in [0.2, 0.25) is 5.02 Å². The van der Waals surface area contributed by atoms with Gasteiger partial charge in [0.15, 0.2) is 0 Å². The molecule has 0 amide bonds. The molecule has 2 nitrogen and oxygen atoms in total. The molecule has 0 aliphatic carbocycles. The highest BCUT2D eigenvalue weighted by Crippen LogP contribution is 2.28. The molecule has 0 unspecified atom stereocenters. The summed E-state index contributed by atoms with van der Waals surface area (Å²) < 4.78 is 0. The number of aromatic nitrogens is 1. The van der Waals surface area contributed by atoms with Crippen LogP contribution in [0, 0.1) is 6.92 Å². The molecule has 76 valence electrons. The maximum atomic E-state index is 9.46. The van der Waals surface area contributed by atoms with Crippen molar-refractivity contribution >= 4 is 11.6 Å². The minimum absolute atomic E-state index is 0.0924. The van der Waals surface area contributed by atoms with Gasteiger partial charge >= 0.3 is 0 Å². The fourth-order valence-corrected chi connectivity index (χ4v) is 1.45. The van der Waals surface area contributed by atoms with Crippen LogP contribution >= 0.6 is 11.6 Å². The van der Waals surface area contributed by atoms with E-state index in [2.05, 4.69) is 4.98 Å². The number of rotatable bonds is 1. The standard InChI is InChI=1S/C12H10ClNO/c1-8-2-3-10(7-14-8)9-4-5-11(13)12(15)6-9/h2-7,15H,1H3. The average molecular weight is 220 g/mol. The summed E-state index contributed by atoms with van der Waals surface area (Å²) in [6.07, 6.45) is 1.78. The van der Waals surface area contributed by atoms with E-state index in [9.17, 15) is 5.11 Å². The van der Waals surface area contributed by atoms with E-state index >= 15 is 0 Å². The SMILES string of the molecule is Cc1ccc(-c2ccc(Cl)c(O)c2)cn1. The van der Waals surface area contributed by atoms with Gasteiger partial charge < -0.3 is 5.11 Å². The van der Waals surface area contributed by atoms with Gasteiger partial charge in [-0.3, -0.25) is 4.98 Å². The molecule has 0 spiro atoms. The van der Waals surface area contributed by atoms with Crippen LogP contribution in [0.1, 0.15) is 5.69 Å². The molecule has 1 N–H and O–H groups in total. The number of aryl methyl sites for hydroxylation is 1. The third kappa shape index (κ3) is 2.10. The summed E-state index contributed by atoms with van der Waals surface area (Å²) in [6, 6.07) is 9.06. The molecule has 1 aromatic heterocycles. The number of phenolic OH excluding ortho intramolecular Hbond substituents is 1. The van der Waals surface area contributed by atoms with Crippen molar-refractivity contribution < 1.29 is 5.11 Å². The maximum absolute atomic E-state index is 9.46. The molecule has 0 saturated heterocycles. The molecule has 2 rings (SSSR count). The monoisotopic (exact) mass is 219 g/mol. The van der Waals surface area contributed by atoms with Crippen LogP contribution in [0.5, 0.6) is 5.75 Å². The highest BCUT2D eigenvalue weighted by Gasteiger charge is 2.02. The summed E-state index contributed by atoms with van der Waals surface area (Å²) in [5.74, 6) is 0.0924. The van der Waals surface area contributed by atoms with Crippen molar-refractivity contribution in [3.8, 4) is 16.9 Å². The van der Waals surface area contributed by atoms with Gasteiger partial charge in [0.2, 0.25) is 0 Å². The van der Waals surface area contributed by atoms with Crippen molar-refractivity contribution in [3.63, 3.8) is 0 Å². The number of halogens is 1. The lowest BCUT2D eigenvalue weighted by molar-refractivity contribution is 0.476. The zero-order valence-corrected chi connectivity index (χ0v) is 8.99. The van der Waals surface area contributed by atoms with Crippen LogP contribution in [0.25, 0.3) is 11.1 Å². The first kappa shape index (κ1) is 9.99. The number of phenols is 1. The molecule has 0 aliphatic heterocycles. The Bertz CT molecular complexity index is 479. The number of hydrogen-bond donors (Lipinski definition) is 1. The molecule has 2 aromatic rings. The fraction of sp³-hybridized carbons (Fsp3) is 0.0833. The van der Waals surface area contributed by atoms with Crippen LogP contribution in [0.15, 0.2) is 36.5 Å². The van der Waals surface area contributed by atoms with Crippen LogP contribution in [-0.2, 0) is 0 Å². The summed E-state index contributed by atoms with van der Waals surface area (Å²) in [7, 11) is 0. The second-order valence-electron chi connectivity index (χ2n) is 3.35. The lowest BCUT2D eigenvalue weighted by Crippen LogP contribution is -1.82. The number of benzene rings is 1. The van der Waals surface area contributed by atoms with E-state index in [0.29, 0.717) is 5.02 Å². The second-order valence-corrected chi connectivity index (χ2v) is 3.76. The van der Waals surface area contributed by atoms with Gasteiger partial charge in [0, 0.05) is 17.5 Å². The molecule has 0 radical (unpaired) electrons. The molecule has 15 heavy (non-hydrogen) atoms. The summed E-state index contributed by atoms with van der Waals surface area (Å²) >= 11 is 5.73. The fourth-order valence-electron chi connectivity index (χ4n) is 1.33. The third-order valence-electron chi connectivity index (χ3n) is 2.19. The van der Waals surface area contributed by atoms with E-state index in [1.165, 1.54) is 0 Å². The molecular weight excluding hydrogens is 210 g/mol. The minimum atomic E-state index is 0.0924. The third-order valence-corrected chi connectivity index (χ3v) is 2.51. The summed E-state index contributed by atoms with van der Waals surface area (Å²) in [4.78, 5) is 4.19. The maximum Gasteiger partial charge on any atom is 0.134 e. The molecule has 0 bridgehead atoms. The Morgan fingerprint density at radius 1 is 1.13 bits per heavy atom. The van der Waals surface area contributed by atoms with Gasteiger partial charge in [-0.15, -0.1) is 0 Å². The smallest absolute Gasteiger partial charge is 0.134 e. The predicted molar refractivity (Wildman–Crippen MR) is 61.1 cm³/mol. The van der Waals surface area contributed by atoms with Gasteiger partial charge in [-0.05, 0) is 30.7 Å². The molecule has 0 fully saturated rings. The zero-order valence-electron chi connectivity index (χ0n) is 8.24. The van der Waals surface area contributed by atoms with Crippen LogP contribution in [0.3, 0.4) is 0 Å². The van der Waals surface area contributed by atoms with Gasteiger partial charge in [-0.1, -0.05) is 23.7 Å². The van der Waals surface area contributed by atoms with E-state index in [4.69, 9.17) is 11.6 Å². The van der Waals surface area contributed by atoms with Crippen molar-refractivity contribution in [1.29, 1.82) is 0 Å². The lowest BCUT2D eigenvalue weighted by Gasteiger charge is -2.03. The van der Waals surface area contributed by atoms with Crippen LogP contribution < -0.4 is 0 Å². The molecule has 0 aliphatic rings. The number of aromatic hydroxyl groups is 1. The van der Waals surface area contributed by atoms with Crippen molar-refractivity contribution in [2.45, 2.75) is 6.92 Å². The summed E-state index contributed by atoms with van der Waals surface area (Å²) in [5.41, 5.74) is 2.84. The number of nitrogens with zero attached hydrogens (tertiary/aromatic N) is 1. The summed E-state index contributed by atoms with van der Waals surface area (Å²) in [5, 5.41) is 9.82. The van der Waals surface area contributed by atoms with Gasteiger partial charge in [0.25, 0.3) is 0 Å². The number of hydrogen-bond acceptors (Lipinski definition) is 2. The Hall–Kier alpha value is -1.54. The summed E-state index contributed by atoms with van der Waals surface area (Å²) in [6.45, 7) is 1.93. The minimum Gasteiger partial charge on any atom is -0.506 e. The van der Waals surface area contributed by atoms with Gasteiger partial charge in [-0.2, -0.15) is 0 Å². The largest absolute Gasteiger partial charge is 0.506 e. The van der Waals surface area contributed by atoms with Crippen molar-refractivity contribution in [2.24, 2.45) is 0 Å². The van der Waals surface area contributed by atoms with Crippen molar-refractivity contribution in [2.75, 3.05) is 0 Å². The molecular formula is C12H10ClNO. The first-order valence-corrected chi connectivity index (χ1v) is 4.96. The molecule has 1 heterocycles. The van der Waals surface area contributed by atoms with E-state index in [1.807, 2.05) is 25.1 Å². The topological polar surface area (TPSA) is 33.1 Å². The highest BCUT2D eigenvalue weighted by molar-refractivity contribution is 6.32. The van der Waals surface area contributed by atoms with E-state index in [-0.39, 0.29) is 5.75 Å². The first-order chi connectivity index (χ1) is 7.16. The Labute approximate surface area is 93.2 Å². The van der Waals surface area contributed by atoms with Crippen molar-refractivity contribution in [3.05, 3.63) is 47.2 Å². The molecule has 0 saturated carbocycles. The lowest BCUT2D eigenvalue weighted by atomic mass is 10.1. The van der Waals surface area contributed by atoms with Crippen LogP contribution in [0.4, 0.5) is 0 Å². The Balaban J connectivity index is 2.45. The Morgan fingerprint density at radius 2 is 1.87 bits per heavy atom. The molecule has 3 heteroatoms. The molecule has 1 aromatic carbocycles.